The summed E-state index contributed by atoms with van der Waals surface area (Å²) in [5.41, 5.74) is 0.468. The van der Waals surface area contributed by atoms with E-state index in [9.17, 15) is 0 Å². The van der Waals surface area contributed by atoms with Crippen molar-refractivity contribution < 1.29 is 0 Å². The number of nitrogens with zero attached hydrogens (tertiary/aromatic N) is 1. The van der Waals surface area contributed by atoms with Crippen LogP contribution >= 0.6 is 0 Å². The minimum absolute atomic E-state index is 0.468. The Kier molecular flexibility index (Phi) is 3.91. The first kappa shape index (κ1) is 12.4. The molecule has 0 unspecified atom stereocenters. The van der Waals surface area contributed by atoms with E-state index in [1.165, 1.54) is 51.7 Å². The Bertz CT molecular complexity index is 213. The number of likely N-dealkylation sites (tertiary alicyclic amines) is 1. The van der Waals surface area contributed by atoms with Crippen LogP contribution < -0.4 is 5.32 Å². The molecule has 1 saturated heterocycles. The molecule has 2 heteroatoms. The van der Waals surface area contributed by atoms with Crippen LogP contribution in [0.15, 0.2) is 0 Å². The van der Waals surface area contributed by atoms with Crippen molar-refractivity contribution in [1.82, 2.24) is 10.2 Å². The maximum atomic E-state index is 3.66. The van der Waals surface area contributed by atoms with Gasteiger partial charge in [0.2, 0.25) is 0 Å². The van der Waals surface area contributed by atoms with E-state index in [0.29, 0.717) is 5.54 Å². The second kappa shape index (κ2) is 5.05. The first-order valence-corrected chi connectivity index (χ1v) is 7.13. The van der Waals surface area contributed by atoms with E-state index in [2.05, 4.69) is 31.0 Å². The lowest BCUT2D eigenvalue weighted by atomic mass is 9.92. The molecule has 1 saturated carbocycles. The lowest BCUT2D eigenvalue weighted by molar-refractivity contribution is 0.0662. The van der Waals surface area contributed by atoms with Crippen LogP contribution in [0.2, 0.25) is 0 Å². The maximum Gasteiger partial charge on any atom is 0.0181 e. The summed E-state index contributed by atoms with van der Waals surface area (Å²) in [4.78, 5) is 2.73. The molecule has 0 radical (unpaired) electrons. The van der Waals surface area contributed by atoms with Gasteiger partial charge in [0.15, 0.2) is 0 Å². The van der Waals surface area contributed by atoms with Crippen molar-refractivity contribution in [2.45, 2.75) is 64.5 Å². The molecule has 2 fully saturated rings. The van der Waals surface area contributed by atoms with Crippen LogP contribution in [-0.2, 0) is 0 Å². The normalized spacial score (nSPS) is 24.9. The van der Waals surface area contributed by atoms with Crippen LogP contribution in [0.3, 0.4) is 0 Å². The van der Waals surface area contributed by atoms with Gasteiger partial charge in [0.05, 0.1) is 0 Å². The summed E-state index contributed by atoms with van der Waals surface area (Å²) < 4.78 is 0. The van der Waals surface area contributed by atoms with Crippen LogP contribution in [0.25, 0.3) is 0 Å². The van der Waals surface area contributed by atoms with Gasteiger partial charge in [0.1, 0.15) is 0 Å². The standard InChI is InChI=1S/C14H28N2/c1-4-9-15-13-7-10-16(11-8-13)14(2,3)12-5-6-12/h12-13,15H,4-11H2,1-3H3. The third kappa shape index (κ3) is 2.78. The molecule has 0 spiro atoms. The molecular weight excluding hydrogens is 196 g/mol. The Hall–Kier alpha value is -0.0800. The molecule has 94 valence electrons. The van der Waals surface area contributed by atoms with Gasteiger partial charge < -0.3 is 5.32 Å². The quantitative estimate of drug-likeness (QED) is 0.772. The third-order valence-corrected chi connectivity index (χ3v) is 4.57. The van der Waals surface area contributed by atoms with Crippen molar-refractivity contribution in [1.29, 1.82) is 0 Å². The fourth-order valence-electron chi connectivity index (χ4n) is 3.06. The summed E-state index contributed by atoms with van der Waals surface area (Å²) in [6.45, 7) is 10.9. The van der Waals surface area contributed by atoms with E-state index in [1.54, 1.807) is 0 Å². The summed E-state index contributed by atoms with van der Waals surface area (Å²) in [6.07, 6.45) is 6.86. The topological polar surface area (TPSA) is 15.3 Å². The largest absolute Gasteiger partial charge is 0.314 e. The molecule has 0 aromatic heterocycles. The Balaban J connectivity index is 1.76. The van der Waals surface area contributed by atoms with E-state index < -0.39 is 0 Å². The highest BCUT2D eigenvalue weighted by Gasteiger charge is 2.42. The fourth-order valence-corrected chi connectivity index (χ4v) is 3.06. The van der Waals surface area contributed by atoms with E-state index >= 15 is 0 Å². The molecule has 2 aliphatic rings. The predicted molar refractivity (Wildman–Crippen MR) is 69.7 cm³/mol. The second-order valence-electron chi connectivity index (χ2n) is 6.14. The molecular formula is C14H28N2. The van der Waals surface area contributed by atoms with Crippen LogP contribution in [0.5, 0.6) is 0 Å². The second-order valence-corrected chi connectivity index (χ2v) is 6.14. The Labute approximate surface area is 101 Å². The van der Waals surface area contributed by atoms with Gasteiger partial charge in [-0.25, -0.2) is 0 Å². The van der Waals surface area contributed by atoms with Gasteiger partial charge >= 0.3 is 0 Å². The van der Waals surface area contributed by atoms with E-state index in [4.69, 9.17) is 0 Å². The zero-order valence-electron chi connectivity index (χ0n) is 11.3. The minimum atomic E-state index is 0.468. The molecule has 1 N–H and O–H groups in total. The number of nitrogens with one attached hydrogen (secondary N) is 1. The number of hydrogen-bond acceptors (Lipinski definition) is 2. The van der Waals surface area contributed by atoms with Gasteiger partial charge in [-0.1, -0.05) is 6.92 Å². The summed E-state index contributed by atoms with van der Waals surface area (Å²) >= 11 is 0. The van der Waals surface area contributed by atoms with E-state index in [1.807, 2.05) is 0 Å². The molecule has 1 heterocycles. The Morgan fingerprint density at radius 3 is 2.25 bits per heavy atom. The highest BCUT2D eigenvalue weighted by atomic mass is 15.2. The molecule has 2 nitrogen and oxygen atoms in total. The molecule has 0 aromatic rings. The van der Waals surface area contributed by atoms with Crippen LogP contribution in [0, 0.1) is 5.92 Å². The SMILES string of the molecule is CCCNC1CCN(C(C)(C)C2CC2)CC1. The summed E-state index contributed by atoms with van der Waals surface area (Å²) in [7, 11) is 0. The average molecular weight is 224 g/mol. The number of hydrogen-bond donors (Lipinski definition) is 1. The zero-order chi connectivity index (χ0) is 11.6. The molecule has 16 heavy (non-hydrogen) atoms. The van der Waals surface area contributed by atoms with Gasteiger partial charge in [-0.2, -0.15) is 0 Å². The molecule has 0 atom stereocenters. The molecule has 0 amide bonds. The van der Waals surface area contributed by atoms with Gasteiger partial charge in [-0.15, -0.1) is 0 Å². The first-order chi connectivity index (χ1) is 7.64. The summed E-state index contributed by atoms with van der Waals surface area (Å²) in [5.74, 6) is 0.979. The molecule has 1 aliphatic carbocycles. The number of rotatable bonds is 5. The molecule has 0 bridgehead atoms. The Morgan fingerprint density at radius 1 is 1.12 bits per heavy atom. The number of piperidine rings is 1. The summed E-state index contributed by atoms with van der Waals surface area (Å²) in [5, 5.41) is 3.66. The van der Waals surface area contributed by atoms with Crippen molar-refractivity contribution >= 4 is 0 Å². The van der Waals surface area contributed by atoms with Crippen molar-refractivity contribution in [3.05, 3.63) is 0 Å². The first-order valence-electron chi connectivity index (χ1n) is 7.13. The third-order valence-electron chi connectivity index (χ3n) is 4.57. The van der Waals surface area contributed by atoms with Crippen LogP contribution in [-0.4, -0.2) is 36.1 Å². The highest BCUT2D eigenvalue weighted by molar-refractivity contribution is 4.97. The lowest BCUT2D eigenvalue weighted by Crippen LogP contribution is -2.52. The van der Waals surface area contributed by atoms with E-state index in [-0.39, 0.29) is 0 Å². The minimum Gasteiger partial charge on any atom is -0.314 e. The zero-order valence-corrected chi connectivity index (χ0v) is 11.3. The molecule has 1 aliphatic heterocycles. The molecule has 2 rings (SSSR count). The monoisotopic (exact) mass is 224 g/mol. The maximum absolute atomic E-state index is 3.66. The van der Waals surface area contributed by atoms with Crippen molar-refractivity contribution in [3.8, 4) is 0 Å². The van der Waals surface area contributed by atoms with Crippen molar-refractivity contribution in [2.75, 3.05) is 19.6 Å². The fraction of sp³-hybridized carbons (Fsp3) is 1.00. The van der Waals surface area contributed by atoms with E-state index in [0.717, 1.165) is 12.0 Å². The average Bonchev–Trinajstić information content (AvgIpc) is 3.11. The highest BCUT2D eigenvalue weighted by Crippen LogP contribution is 2.43. The van der Waals surface area contributed by atoms with Crippen molar-refractivity contribution in [3.63, 3.8) is 0 Å². The van der Waals surface area contributed by atoms with Crippen LogP contribution in [0.1, 0.15) is 52.9 Å². The smallest absolute Gasteiger partial charge is 0.0181 e. The van der Waals surface area contributed by atoms with Gasteiger partial charge in [0.25, 0.3) is 0 Å². The van der Waals surface area contributed by atoms with Crippen LogP contribution in [0.4, 0.5) is 0 Å². The molecule has 0 aromatic carbocycles. The Morgan fingerprint density at radius 2 is 1.75 bits per heavy atom. The lowest BCUT2D eigenvalue weighted by Gasteiger charge is -2.43. The van der Waals surface area contributed by atoms with Gasteiger partial charge in [-0.05, 0) is 58.4 Å². The predicted octanol–water partition coefficient (Wildman–Crippen LogP) is 2.64. The van der Waals surface area contributed by atoms with Gasteiger partial charge in [0, 0.05) is 24.7 Å². The summed E-state index contributed by atoms with van der Waals surface area (Å²) in [6, 6.07) is 0.784. The van der Waals surface area contributed by atoms with Gasteiger partial charge in [-0.3, -0.25) is 4.90 Å². The van der Waals surface area contributed by atoms with Crippen molar-refractivity contribution in [2.24, 2.45) is 5.92 Å².